The fourth-order valence-electron chi connectivity index (χ4n) is 4.00. The molecule has 1 atom stereocenters. The van der Waals surface area contributed by atoms with Gasteiger partial charge in [-0.2, -0.15) is 0 Å². The summed E-state index contributed by atoms with van der Waals surface area (Å²) in [6.45, 7) is 0.990. The van der Waals surface area contributed by atoms with E-state index in [2.05, 4.69) is 38.4 Å². The summed E-state index contributed by atoms with van der Waals surface area (Å²) in [7, 11) is 1.69. The summed E-state index contributed by atoms with van der Waals surface area (Å²) in [4.78, 5) is 17.0. The molecule has 1 saturated heterocycles. The average Bonchev–Trinajstić information content (AvgIpc) is 3.42. The number of aromatic nitrogens is 3. The molecule has 3 aromatic heterocycles. The smallest absolute Gasteiger partial charge is 0.141 e. The van der Waals surface area contributed by atoms with Crippen LogP contribution < -0.4 is 9.64 Å². The van der Waals surface area contributed by atoms with E-state index in [-0.39, 0.29) is 0 Å². The summed E-state index contributed by atoms with van der Waals surface area (Å²) in [6.07, 6.45) is 7.74. The third kappa shape index (κ3) is 2.90. The molecule has 0 saturated carbocycles. The maximum Gasteiger partial charge on any atom is 0.141 e. The second kappa shape index (κ2) is 7.20. The van der Waals surface area contributed by atoms with Gasteiger partial charge in [-0.3, -0.25) is 4.98 Å². The third-order valence-electron chi connectivity index (χ3n) is 5.35. The lowest BCUT2D eigenvalue weighted by Crippen LogP contribution is -2.24. The van der Waals surface area contributed by atoms with Gasteiger partial charge in [-0.25, -0.2) is 9.97 Å². The molecule has 0 bridgehead atoms. The van der Waals surface area contributed by atoms with Crippen molar-refractivity contribution < 1.29 is 4.74 Å². The average molecular weight is 388 g/mol. The molecule has 28 heavy (non-hydrogen) atoms. The highest BCUT2D eigenvalue weighted by atomic mass is 32.1. The number of pyridine rings is 1. The van der Waals surface area contributed by atoms with Crippen LogP contribution in [0.4, 0.5) is 5.82 Å². The molecule has 5 rings (SSSR count). The molecular weight excluding hydrogens is 368 g/mol. The maximum absolute atomic E-state index is 5.31. The van der Waals surface area contributed by atoms with Crippen molar-refractivity contribution in [3.05, 3.63) is 66.1 Å². The van der Waals surface area contributed by atoms with E-state index in [9.17, 15) is 0 Å². The monoisotopic (exact) mass is 388 g/mol. The first-order valence-corrected chi connectivity index (χ1v) is 10.3. The van der Waals surface area contributed by atoms with Crippen LogP contribution in [0.15, 0.2) is 60.5 Å². The predicted octanol–water partition coefficient (Wildman–Crippen LogP) is 5.10. The first-order valence-electron chi connectivity index (χ1n) is 9.38. The second-order valence-corrected chi connectivity index (χ2v) is 7.75. The molecule has 4 heterocycles. The molecule has 140 valence electrons. The summed E-state index contributed by atoms with van der Waals surface area (Å²) in [6, 6.07) is 12.7. The molecular formula is C22H20N4OS. The molecule has 0 amide bonds. The third-order valence-corrected chi connectivity index (χ3v) is 6.23. The molecule has 0 aliphatic carbocycles. The normalized spacial score (nSPS) is 16.6. The Bertz CT molecular complexity index is 1090. The first-order chi connectivity index (χ1) is 13.8. The molecule has 0 unspecified atom stereocenters. The highest BCUT2D eigenvalue weighted by Crippen LogP contribution is 2.43. The molecule has 6 heteroatoms. The largest absolute Gasteiger partial charge is 0.497 e. The van der Waals surface area contributed by atoms with Crippen LogP contribution in [0.25, 0.3) is 21.3 Å². The number of methoxy groups -OCH3 is 1. The van der Waals surface area contributed by atoms with Crippen molar-refractivity contribution in [2.45, 2.75) is 18.9 Å². The molecule has 1 fully saturated rings. The number of ether oxygens (including phenoxy) is 1. The Morgan fingerprint density at radius 3 is 2.82 bits per heavy atom. The summed E-state index contributed by atoms with van der Waals surface area (Å²) in [5, 5.41) is 3.31. The second-order valence-electron chi connectivity index (χ2n) is 6.89. The minimum atomic E-state index is 0.301. The molecule has 1 aliphatic rings. The minimum absolute atomic E-state index is 0.301. The van der Waals surface area contributed by atoms with E-state index in [1.54, 1.807) is 24.8 Å². The zero-order valence-corrected chi connectivity index (χ0v) is 16.4. The SMILES string of the molecule is COc1ccc(-c2csc3ncnc(N4CCC[C@H]4c4cccnc4)c23)cc1. The summed E-state index contributed by atoms with van der Waals surface area (Å²) < 4.78 is 5.31. The highest BCUT2D eigenvalue weighted by molar-refractivity contribution is 7.17. The lowest BCUT2D eigenvalue weighted by molar-refractivity contribution is 0.415. The van der Waals surface area contributed by atoms with Crippen LogP contribution in [0.1, 0.15) is 24.4 Å². The van der Waals surface area contributed by atoms with Gasteiger partial charge < -0.3 is 9.64 Å². The Balaban J connectivity index is 1.62. The quantitative estimate of drug-likeness (QED) is 0.487. The summed E-state index contributed by atoms with van der Waals surface area (Å²) >= 11 is 1.67. The molecule has 5 nitrogen and oxygen atoms in total. The van der Waals surface area contributed by atoms with E-state index in [0.717, 1.165) is 46.7 Å². The van der Waals surface area contributed by atoms with Crippen LogP contribution in [0, 0.1) is 0 Å². The molecule has 1 aliphatic heterocycles. The van der Waals surface area contributed by atoms with Crippen molar-refractivity contribution in [2.75, 3.05) is 18.6 Å². The molecule has 0 N–H and O–H groups in total. The van der Waals surface area contributed by atoms with E-state index < -0.39 is 0 Å². The number of hydrogen-bond acceptors (Lipinski definition) is 6. The van der Waals surface area contributed by atoms with Gasteiger partial charge in [-0.05, 0) is 42.2 Å². The number of rotatable bonds is 4. The minimum Gasteiger partial charge on any atom is -0.497 e. The van der Waals surface area contributed by atoms with Crippen LogP contribution in [0.2, 0.25) is 0 Å². The van der Waals surface area contributed by atoms with Crippen LogP contribution in [0.5, 0.6) is 5.75 Å². The molecule has 0 spiro atoms. The van der Waals surface area contributed by atoms with Crippen LogP contribution in [-0.4, -0.2) is 28.6 Å². The van der Waals surface area contributed by atoms with Crippen molar-refractivity contribution in [3.63, 3.8) is 0 Å². The van der Waals surface area contributed by atoms with Gasteiger partial charge in [0.05, 0.1) is 18.5 Å². The van der Waals surface area contributed by atoms with E-state index in [4.69, 9.17) is 9.72 Å². The van der Waals surface area contributed by atoms with Crippen LogP contribution in [-0.2, 0) is 0 Å². The van der Waals surface area contributed by atoms with Crippen molar-refractivity contribution >= 4 is 27.4 Å². The van der Waals surface area contributed by atoms with E-state index >= 15 is 0 Å². The van der Waals surface area contributed by atoms with Crippen molar-refractivity contribution in [1.82, 2.24) is 15.0 Å². The van der Waals surface area contributed by atoms with Gasteiger partial charge >= 0.3 is 0 Å². The van der Waals surface area contributed by atoms with E-state index in [0.29, 0.717) is 6.04 Å². The fourth-order valence-corrected chi connectivity index (χ4v) is 4.91. The fraction of sp³-hybridized carbons (Fsp3) is 0.227. The highest BCUT2D eigenvalue weighted by Gasteiger charge is 2.29. The molecule has 1 aromatic carbocycles. The zero-order valence-electron chi connectivity index (χ0n) is 15.6. The van der Waals surface area contributed by atoms with Gasteiger partial charge in [0.2, 0.25) is 0 Å². The van der Waals surface area contributed by atoms with E-state index in [1.165, 1.54) is 11.1 Å². The van der Waals surface area contributed by atoms with Crippen LogP contribution in [0.3, 0.4) is 0 Å². The molecule has 0 radical (unpaired) electrons. The van der Waals surface area contributed by atoms with Gasteiger partial charge in [0, 0.05) is 29.9 Å². The Kier molecular flexibility index (Phi) is 4.41. The van der Waals surface area contributed by atoms with Crippen molar-refractivity contribution in [2.24, 2.45) is 0 Å². The van der Waals surface area contributed by atoms with Gasteiger partial charge in [0.1, 0.15) is 22.7 Å². The van der Waals surface area contributed by atoms with Crippen molar-refractivity contribution in [3.8, 4) is 16.9 Å². The number of anilines is 1. The van der Waals surface area contributed by atoms with Gasteiger partial charge in [-0.15, -0.1) is 11.3 Å². The van der Waals surface area contributed by atoms with Gasteiger partial charge in [0.25, 0.3) is 0 Å². The zero-order chi connectivity index (χ0) is 18.9. The Morgan fingerprint density at radius 2 is 2.04 bits per heavy atom. The lowest BCUT2D eigenvalue weighted by atomic mass is 10.0. The Hall–Kier alpha value is -2.99. The Morgan fingerprint density at radius 1 is 1.14 bits per heavy atom. The predicted molar refractivity (Wildman–Crippen MR) is 113 cm³/mol. The maximum atomic E-state index is 5.31. The summed E-state index contributed by atoms with van der Waals surface area (Å²) in [5.74, 6) is 1.87. The number of benzene rings is 1. The van der Waals surface area contributed by atoms with Gasteiger partial charge in [0.15, 0.2) is 0 Å². The van der Waals surface area contributed by atoms with Crippen LogP contribution >= 0.6 is 11.3 Å². The number of hydrogen-bond donors (Lipinski definition) is 0. The van der Waals surface area contributed by atoms with Crippen molar-refractivity contribution in [1.29, 1.82) is 0 Å². The van der Waals surface area contributed by atoms with Gasteiger partial charge in [-0.1, -0.05) is 18.2 Å². The first kappa shape index (κ1) is 17.1. The lowest BCUT2D eigenvalue weighted by Gasteiger charge is -2.26. The standard InChI is InChI=1S/C22H20N4OS/c1-27-17-8-6-15(7-9-17)18-13-28-22-20(18)21(24-14-25-22)26-11-3-5-19(26)16-4-2-10-23-12-16/h2,4,6-10,12-14,19H,3,5,11H2,1H3/t19-/m0/s1. The molecule has 4 aromatic rings. The number of fused-ring (bicyclic) bond motifs is 1. The summed E-state index contributed by atoms with van der Waals surface area (Å²) in [5.41, 5.74) is 3.57. The van der Waals surface area contributed by atoms with E-state index in [1.807, 2.05) is 30.6 Å². The Labute approximate surface area is 167 Å². The number of thiophene rings is 1. The number of nitrogens with zero attached hydrogens (tertiary/aromatic N) is 4. The topological polar surface area (TPSA) is 51.1 Å².